The molecule has 5 heteroatoms. The second kappa shape index (κ2) is 7.19. The molecule has 106 valence electrons. The highest BCUT2D eigenvalue weighted by molar-refractivity contribution is 5.69. The molecule has 0 radical (unpaired) electrons. The average Bonchev–Trinajstić information content (AvgIpc) is 2.32. The van der Waals surface area contributed by atoms with Crippen molar-refractivity contribution in [3.8, 4) is 0 Å². The summed E-state index contributed by atoms with van der Waals surface area (Å²) < 4.78 is 31.4. The fraction of sp³-hybridized carbons (Fsp3) is 0.500. The number of esters is 1. The fourth-order valence-electron chi connectivity index (χ4n) is 1.95. The smallest absolute Gasteiger partial charge is 0.306 e. The van der Waals surface area contributed by atoms with Gasteiger partial charge >= 0.3 is 5.97 Å². The second-order valence-electron chi connectivity index (χ2n) is 4.62. The van der Waals surface area contributed by atoms with Crippen LogP contribution in [0.25, 0.3) is 0 Å². The van der Waals surface area contributed by atoms with Gasteiger partial charge in [-0.1, -0.05) is 6.92 Å². The Morgan fingerprint density at radius 2 is 2.11 bits per heavy atom. The van der Waals surface area contributed by atoms with Gasteiger partial charge in [-0.3, -0.25) is 4.79 Å². The molecule has 0 aliphatic carbocycles. The predicted octanol–water partition coefficient (Wildman–Crippen LogP) is 2.94. The molecule has 0 saturated carbocycles. The maximum Gasteiger partial charge on any atom is 0.306 e. The molecule has 2 atom stereocenters. The lowest BCUT2D eigenvalue weighted by molar-refractivity contribution is -0.144. The molecule has 0 bridgehead atoms. The molecule has 0 saturated heterocycles. The first-order chi connectivity index (χ1) is 8.93. The summed E-state index contributed by atoms with van der Waals surface area (Å²) in [4.78, 5) is 11.3. The Balaban J connectivity index is 2.61. The summed E-state index contributed by atoms with van der Waals surface area (Å²) in [5.41, 5.74) is 5.99. The van der Waals surface area contributed by atoms with Gasteiger partial charge in [-0.05, 0) is 37.5 Å². The van der Waals surface area contributed by atoms with Crippen LogP contribution in [-0.4, -0.2) is 12.6 Å². The van der Waals surface area contributed by atoms with Gasteiger partial charge in [-0.25, -0.2) is 8.78 Å². The molecule has 2 N–H and O–H groups in total. The Kier molecular flexibility index (Phi) is 5.89. The van der Waals surface area contributed by atoms with Crippen LogP contribution in [0.5, 0.6) is 0 Å². The molecule has 1 rings (SSSR count). The SMILES string of the molecule is CCOC(=O)CC(C)CC(N)c1cc(F)ccc1F. The number of carbonyl (C=O) groups is 1. The molecule has 0 spiro atoms. The second-order valence-corrected chi connectivity index (χ2v) is 4.62. The van der Waals surface area contributed by atoms with Gasteiger partial charge in [0, 0.05) is 18.0 Å². The highest BCUT2D eigenvalue weighted by atomic mass is 19.1. The maximum atomic E-state index is 13.5. The molecule has 1 aromatic carbocycles. The molecule has 0 fully saturated rings. The monoisotopic (exact) mass is 271 g/mol. The van der Waals surface area contributed by atoms with E-state index >= 15 is 0 Å². The zero-order chi connectivity index (χ0) is 14.4. The van der Waals surface area contributed by atoms with Gasteiger partial charge in [0.25, 0.3) is 0 Å². The van der Waals surface area contributed by atoms with Crippen molar-refractivity contribution in [1.29, 1.82) is 0 Å². The first-order valence-electron chi connectivity index (χ1n) is 6.30. The van der Waals surface area contributed by atoms with E-state index in [1.54, 1.807) is 6.92 Å². The van der Waals surface area contributed by atoms with Crippen LogP contribution in [0.3, 0.4) is 0 Å². The van der Waals surface area contributed by atoms with E-state index in [9.17, 15) is 13.6 Å². The summed E-state index contributed by atoms with van der Waals surface area (Å²) in [7, 11) is 0. The number of hydrogen-bond donors (Lipinski definition) is 1. The molecule has 0 aromatic heterocycles. The minimum Gasteiger partial charge on any atom is -0.466 e. The van der Waals surface area contributed by atoms with Gasteiger partial charge in [-0.2, -0.15) is 0 Å². The van der Waals surface area contributed by atoms with Crippen LogP contribution in [0.4, 0.5) is 8.78 Å². The van der Waals surface area contributed by atoms with Gasteiger partial charge in [0.15, 0.2) is 0 Å². The van der Waals surface area contributed by atoms with E-state index in [1.807, 2.05) is 6.92 Å². The van der Waals surface area contributed by atoms with Crippen LogP contribution in [-0.2, 0) is 9.53 Å². The molecule has 0 aliphatic rings. The van der Waals surface area contributed by atoms with E-state index in [4.69, 9.17) is 10.5 Å². The summed E-state index contributed by atoms with van der Waals surface area (Å²) in [5.74, 6) is -1.42. The molecule has 0 aliphatic heterocycles. The van der Waals surface area contributed by atoms with Crippen molar-refractivity contribution < 1.29 is 18.3 Å². The Labute approximate surface area is 111 Å². The Hall–Kier alpha value is -1.49. The van der Waals surface area contributed by atoms with Crippen molar-refractivity contribution in [3.05, 3.63) is 35.4 Å². The minimum atomic E-state index is -0.639. The highest BCUT2D eigenvalue weighted by Crippen LogP contribution is 2.24. The summed E-state index contributed by atoms with van der Waals surface area (Å²) >= 11 is 0. The standard InChI is InChI=1S/C14H19F2NO2/c1-3-19-14(18)7-9(2)6-13(17)11-8-10(15)4-5-12(11)16/h4-5,8-9,13H,3,6-7,17H2,1-2H3. The van der Waals surface area contributed by atoms with Gasteiger partial charge in [0.2, 0.25) is 0 Å². The number of halogens is 2. The minimum absolute atomic E-state index is 0.0586. The van der Waals surface area contributed by atoms with Crippen molar-refractivity contribution >= 4 is 5.97 Å². The van der Waals surface area contributed by atoms with Gasteiger partial charge in [-0.15, -0.1) is 0 Å². The predicted molar refractivity (Wildman–Crippen MR) is 68.3 cm³/mol. The Bertz CT molecular complexity index is 437. The van der Waals surface area contributed by atoms with Gasteiger partial charge < -0.3 is 10.5 Å². The molecular formula is C14H19F2NO2. The van der Waals surface area contributed by atoms with E-state index in [2.05, 4.69) is 0 Å². The third kappa shape index (κ3) is 4.95. The van der Waals surface area contributed by atoms with Crippen LogP contribution in [0.2, 0.25) is 0 Å². The Morgan fingerprint density at radius 3 is 2.74 bits per heavy atom. The summed E-state index contributed by atoms with van der Waals surface area (Å²) in [6.07, 6.45) is 0.609. The van der Waals surface area contributed by atoms with E-state index in [-0.39, 0.29) is 23.9 Å². The molecular weight excluding hydrogens is 252 g/mol. The summed E-state index contributed by atoms with van der Waals surface area (Å²) in [6.45, 7) is 3.89. The molecule has 0 amide bonds. The van der Waals surface area contributed by atoms with Crippen LogP contribution >= 0.6 is 0 Å². The number of hydrogen-bond acceptors (Lipinski definition) is 3. The average molecular weight is 271 g/mol. The maximum absolute atomic E-state index is 13.5. The lowest BCUT2D eigenvalue weighted by atomic mass is 9.94. The number of carbonyl (C=O) groups excluding carboxylic acids is 1. The zero-order valence-electron chi connectivity index (χ0n) is 11.2. The fourth-order valence-corrected chi connectivity index (χ4v) is 1.95. The molecule has 2 unspecified atom stereocenters. The van der Waals surface area contributed by atoms with Crippen molar-refractivity contribution in [1.82, 2.24) is 0 Å². The normalized spacial score (nSPS) is 13.9. The van der Waals surface area contributed by atoms with E-state index in [1.165, 1.54) is 0 Å². The topological polar surface area (TPSA) is 52.3 Å². The van der Waals surface area contributed by atoms with Crippen LogP contribution in [0.15, 0.2) is 18.2 Å². The van der Waals surface area contributed by atoms with Crippen molar-refractivity contribution in [3.63, 3.8) is 0 Å². The lowest BCUT2D eigenvalue weighted by Gasteiger charge is -2.17. The number of nitrogens with two attached hydrogens (primary N) is 1. The first-order valence-corrected chi connectivity index (χ1v) is 6.30. The molecule has 1 aromatic rings. The zero-order valence-corrected chi connectivity index (χ0v) is 11.2. The van der Waals surface area contributed by atoms with Crippen LogP contribution < -0.4 is 5.73 Å². The Morgan fingerprint density at radius 1 is 1.42 bits per heavy atom. The van der Waals surface area contributed by atoms with Crippen molar-refractivity contribution in [2.45, 2.75) is 32.7 Å². The quantitative estimate of drug-likeness (QED) is 0.809. The third-order valence-corrected chi connectivity index (χ3v) is 2.83. The lowest BCUT2D eigenvalue weighted by Crippen LogP contribution is -2.18. The van der Waals surface area contributed by atoms with Crippen molar-refractivity contribution in [2.24, 2.45) is 11.7 Å². The van der Waals surface area contributed by atoms with Crippen LogP contribution in [0, 0.1) is 17.6 Å². The van der Waals surface area contributed by atoms with Gasteiger partial charge in [0.1, 0.15) is 11.6 Å². The molecule has 19 heavy (non-hydrogen) atoms. The molecule has 0 heterocycles. The highest BCUT2D eigenvalue weighted by Gasteiger charge is 2.18. The van der Waals surface area contributed by atoms with E-state index < -0.39 is 17.7 Å². The number of rotatable bonds is 6. The van der Waals surface area contributed by atoms with Gasteiger partial charge in [0.05, 0.1) is 6.61 Å². The number of benzene rings is 1. The molecule has 3 nitrogen and oxygen atoms in total. The number of ether oxygens (including phenoxy) is 1. The summed E-state index contributed by atoms with van der Waals surface area (Å²) in [5, 5.41) is 0. The van der Waals surface area contributed by atoms with E-state index in [0.29, 0.717) is 13.0 Å². The van der Waals surface area contributed by atoms with Crippen LogP contribution in [0.1, 0.15) is 38.3 Å². The summed E-state index contributed by atoms with van der Waals surface area (Å²) in [6, 6.07) is 2.56. The largest absolute Gasteiger partial charge is 0.466 e. The first kappa shape index (κ1) is 15.6. The van der Waals surface area contributed by atoms with E-state index in [0.717, 1.165) is 18.2 Å². The third-order valence-electron chi connectivity index (χ3n) is 2.83. The van der Waals surface area contributed by atoms with Crippen molar-refractivity contribution in [2.75, 3.05) is 6.61 Å².